The van der Waals surface area contributed by atoms with E-state index in [1.807, 2.05) is 24.3 Å². The number of hydrogen-bond donors (Lipinski definition) is 1. The number of anilines is 2. The molecule has 1 N–H and O–H groups in total. The van der Waals surface area contributed by atoms with E-state index in [0.29, 0.717) is 11.5 Å². The Bertz CT molecular complexity index is 928. The molecule has 3 rings (SSSR count). The molecule has 1 aliphatic rings. The van der Waals surface area contributed by atoms with Crippen LogP contribution in [0.3, 0.4) is 0 Å². The van der Waals surface area contributed by atoms with Gasteiger partial charge in [-0.2, -0.15) is 0 Å². The van der Waals surface area contributed by atoms with Gasteiger partial charge in [-0.3, -0.25) is 4.21 Å². The molecule has 0 aromatic heterocycles. The highest BCUT2D eigenvalue weighted by Crippen LogP contribution is 2.43. The minimum Gasteiger partial charge on any atom is -0.478 e. The summed E-state index contributed by atoms with van der Waals surface area (Å²) in [6.45, 7) is 5.19. The van der Waals surface area contributed by atoms with Gasteiger partial charge in [0.05, 0.1) is 33.7 Å². The first-order valence-corrected chi connectivity index (χ1v) is 11.7. The van der Waals surface area contributed by atoms with Crippen molar-refractivity contribution in [3.63, 3.8) is 0 Å². The summed E-state index contributed by atoms with van der Waals surface area (Å²) in [6, 6.07) is 15.7. The SMILES string of the molecule is CCCCC1(CC)CN(c2ccccc2)c2ccc(O/C=C/C(=O)O)cc2S(=O)C1. The first-order chi connectivity index (χ1) is 14.5. The van der Waals surface area contributed by atoms with Crippen LogP contribution >= 0.6 is 0 Å². The average molecular weight is 428 g/mol. The number of unbranched alkanes of at least 4 members (excludes halogenated alkanes) is 1. The topological polar surface area (TPSA) is 66.8 Å². The fourth-order valence-electron chi connectivity index (χ4n) is 3.90. The van der Waals surface area contributed by atoms with Crippen LogP contribution in [-0.2, 0) is 15.6 Å². The third-order valence-corrected chi connectivity index (χ3v) is 7.38. The van der Waals surface area contributed by atoms with E-state index in [2.05, 4.69) is 30.9 Å². The zero-order valence-electron chi connectivity index (χ0n) is 17.5. The molecular weight excluding hydrogens is 398 g/mol. The van der Waals surface area contributed by atoms with Crippen LogP contribution in [0.15, 0.2) is 65.8 Å². The van der Waals surface area contributed by atoms with Gasteiger partial charge in [-0.1, -0.05) is 44.9 Å². The van der Waals surface area contributed by atoms with E-state index in [0.717, 1.165) is 60.8 Å². The van der Waals surface area contributed by atoms with Gasteiger partial charge in [-0.05, 0) is 48.6 Å². The maximum absolute atomic E-state index is 13.5. The molecule has 160 valence electrons. The van der Waals surface area contributed by atoms with E-state index in [4.69, 9.17) is 9.84 Å². The number of aliphatic carboxylic acids is 1. The third-order valence-electron chi connectivity index (χ3n) is 5.69. The van der Waals surface area contributed by atoms with Crippen LogP contribution in [0.1, 0.15) is 39.5 Å². The number of rotatable bonds is 8. The van der Waals surface area contributed by atoms with Crippen molar-refractivity contribution < 1.29 is 18.8 Å². The molecule has 1 heterocycles. The van der Waals surface area contributed by atoms with E-state index in [1.165, 1.54) is 0 Å². The number of carboxylic acids is 1. The van der Waals surface area contributed by atoms with Gasteiger partial charge >= 0.3 is 5.97 Å². The van der Waals surface area contributed by atoms with E-state index in [1.54, 1.807) is 12.1 Å². The molecule has 2 atom stereocenters. The Labute approximate surface area is 180 Å². The molecule has 0 saturated carbocycles. The van der Waals surface area contributed by atoms with Crippen LogP contribution in [0.4, 0.5) is 11.4 Å². The van der Waals surface area contributed by atoms with E-state index in [9.17, 15) is 9.00 Å². The Balaban J connectivity index is 2.05. The van der Waals surface area contributed by atoms with Crippen molar-refractivity contribution in [1.29, 1.82) is 0 Å². The zero-order valence-corrected chi connectivity index (χ0v) is 18.4. The summed E-state index contributed by atoms with van der Waals surface area (Å²) in [4.78, 5) is 13.7. The number of carboxylic acid groups (broad SMARTS) is 1. The molecule has 0 fully saturated rings. The van der Waals surface area contributed by atoms with Crippen molar-refractivity contribution in [2.45, 2.75) is 44.4 Å². The van der Waals surface area contributed by atoms with Crippen molar-refractivity contribution in [1.82, 2.24) is 0 Å². The van der Waals surface area contributed by atoms with Gasteiger partial charge in [0.2, 0.25) is 0 Å². The van der Waals surface area contributed by atoms with Crippen LogP contribution in [0.5, 0.6) is 5.75 Å². The Kier molecular flexibility index (Phi) is 7.32. The predicted octanol–water partition coefficient (Wildman–Crippen LogP) is 5.51. The molecule has 0 bridgehead atoms. The number of ether oxygens (including phenoxy) is 1. The number of carbonyl (C=O) groups is 1. The predicted molar refractivity (Wildman–Crippen MR) is 121 cm³/mol. The highest BCUT2D eigenvalue weighted by atomic mass is 32.2. The molecular formula is C24H29NO4S. The zero-order chi connectivity index (χ0) is 21.6. The lowest BCUT2D eigenvalue weighted by atomic mass is 9.81. The van der Waals surface area contributed by atoms with Crippen LogP contribution in [-0.4, -0.2) is 27.6 Å². The second-order valence-corrected chi connectivity index (χ2v) is 9.18. The van der Waals surface area contributed by atoms with Crippen molar-refractivity contribution in [3.8, 4) is 5.75 Å². The van der Waals surface area contributed by atoms with E-state index in [-0.39, 0.29) is 5.41 Å². The Morgan fingerprint density at radius 3 is 2.67 bits per heavy atom. The number of para-hydroxylation sites is 1. The summed E-state index contributed by atoms with van der Waals surface area (Å²) in [5.41, 5.74) is 1.95. The van der Waals surface area contributed by atoms with Crippen LogP contribution in [0.25, 0.3) is 0 Å². The summed E-state index contributed by atoms with van der Waals surface area (Å²) in [5, 5.41) is 8.76. The normalized spacial score (nSPS) is 21.3. The number of benzene rings is 2. The molecule has 30 heavy (non-hydrogen) atoms. The smallest absolute Gasteiger partial charge is 0.331 e. The van der Waals surface area contributed by atoms with Crippen molar-refractivity contribution in [2.24, 2.45) is 5.41 Å². The summed E-state index contributed by atoms with van der Waals surface area (Å²) in [7, 11) is -1.19. The molecule has 1 aliphatic heterocycles. The minimum absolute atomic E-state index is 0.0417. The Morgan fingerprint density at radius 2 is 2.00 bits per heavy atom. The maximum Gasteiger partial charge on any atom is 0.331 e. The second kappa shape index (κ2) is 9.94. The van der Waals surface area contributed by atoms with Gasteiger partial charge in [0, 0.05) is 18.0 Å². The highest BCUT2D eigenvalue weighted by Gasteiger charge is 2.37. The van der Waals surface area contributed by atoms with Gasteiger partial charge in [0.25, 0.3) is 0 Å². The quantitative estimate of drug-likeness (QED) is 0.444. The Hall–Kier alpha value is -2.60. The first-order valence-electron chi connectivity index (χ1n) is 10.4. The number of hydrogen-bond acceptors (Lipinski definition) is 4. The monoisotopic (exact) mass is 427 g/mol. The fourth-order valence-corrected chi connectivity index (χ4v) is 5.71. The number of nitrogens with zero attached hydrogens (tertiary/aromatic N) is 1. The summed E-state index contributed by atoms with van der Waals surface area (Å²) in [5.74, 6) is 0.00579. The lowest BCUT2D eigenvalue weighted by Gasteiger charge is -2.36. The largest absolute Gasteiger partial charge is 0.478 e. The molecule has 2 unspecified atom stereocenters. The molecule has 5 nitrogen and oxygen atoms in total. The molecule has 0 aliphatic carbocycles. The summed E-state index contributed by atoms with van der Waals surface area (Å²) >= 11 is 0. The third kappa shape index (κ3) is 5.11. The molecule has 0 amide bonds. The average Bonchev–Trinajstić information content (AvgIpc) is 2.87. The number of fused-ring (bicyclic) bond motifs is 1. The standard InChI is InChI=1S/C24H29NO4S/c1-3-5-14-24(4-2)17-25(19-9-7-6-8-10-19)21-12-11-20(29-15-13-23(26)27)16-22(21)30(28)18-24/h6-13,15-16H,3-5,14,17-18H2,1-2H3,(H,26,27)/b15-13+. The minimum atomic E-state index is -1.19. The molecule has 2 aromatic rings. The lowest BCUT2D eigenvalue weighted by molar-refractivity contribution is -0.131. The highest BCUT2D eigenvalue weighted by molar-refractivity contribution is 7.85. The lowest BCUT2D eigenvalue weighted by Crippen LogP contribution is -2.37. The van der Waals surface area contributed by atoms with Gasteiger partial charge in [0.15, 0.2) is 0 Å². The van der Waals surface area contributed by atoms with Crippen molar-refractivity contribution in [2.75, 3.05) is 17.2 Å². The van der Waals surface area contributed by atoms with Crippen LogP contribution in [0, 0.1) is 5.41 Å². The van der Waals surface area contributed by atoms with Gasteiger partial charge in [-0.15, -0.1) is 0 Å². The Morgan fingerprint density at radius 1 is 1.23 bits per heavy atom. The first kappa shape index (κ1) is 22.1. The van der Waals surface area contributed by atoms with Gasteiger partial charge < -0.3 is 14.7 Å². The maximum atomic E-state index is 13.5. The van der Waals surface area contributed by atoms with Gasteiger partial charge in [-0.25, -0.2) is 4.79 Å². The van der Waals surface area contributed by atoms with Crippen LogP contribution < -0.4 is 9.64 Å². The molecule has 6 heteroatoms. The van der Waals surface area contributed by atoms with E-state index >= 15 is 0 Å². The second-order valence-electron chi connectivity index (χ2n) is 7.76. The molecule has 0 saturated heterocycles. The molecule has 0 radical (unpaired) electrons. The van der Waals surface area contributed by atoms with Gasteiger partial charge in [0.1, 0.15) is 5.75 Å². The summed E-state index contributed by atoms with van der Waals surface area (Å²) in [6.07, 6.45) is 6.29. The van der Waals surface area contributed by atoms with Crippen molar-refractivity contribution >= 4 is 28.1 Å². The van der Waals surface area contributed by atoms with Crippen LogP contribution in [0.2, 0.25) is 0 Å². The molecule has 0 spiro atoms. The molecule has 2 aromatic carbocycles. The fraction of sp³-hybridized carbons (Fsp3) is 0.375. The van der Waals surface area contributed by atoms with Crippen molar-refractivity contribution in [3.05, 3.63) is 60.9 Å². The van der Waals surface area contributed by atoms with E-state index < -0.39 is 16.8 Å². The summed E-state index contributed by atoms with van der Waals surface area (Å²) < 4.78 is 18.9.